The molecule has 0 spiro atoms. The summed E-state index contributed by atoms with van der Waals surface area (Å²) < 4.78 is 25.0. The van der Waals surface area contributed by atoms with Crippen LogP contribution in [0.4, 0.5) is 0 Å². The highest BCUT2D eigenvalue weighted by Crippen LogP contribution is 2.22. The zero-order valence-corrected chi connectivity index (χ0v) is 17.5. The first-order valence-electron chi connectivity index (χ1n) is 9.00. The average molecular weight is 428 g/mol. The third-order valence-corrected chi connectivity index (χ3v) is 7.16. The molecule has 29 heavy (non-hydrogen) atoms. The SMILES string of the molecule is Cc1ccc(S(=O)(=O)CCSc2ncccc2C(=O)NCc2cccnc2)cc1. The summed E-state index contributed by atoms with van der Waals surface area (Å²) in [7, 11) is -3.38. The van der Waals surface area contributed by atoms with Gasteiger partial charge in [-0.25, -0.2) is 13.4 Å². The first kappa shape index (κ1) is 21.0. The molecule has 0 unspecified atom stereocenters. The quantitative estimate of drug-likeness (QED) is 0.555. The van der Waals surface area contributed by atoms with Gasteiger partial charge in [-0.2, -0.15) is 0 Å². The average Bonchev–Trinajstić information content (AvgIpc) is 2.73. The number of benzene rings is 1. The number of nitrogens with zero attached hydrogens (tertiary/aromatic N) is 2. The largest absolute Gasteiger partial charge is 0.348 e. The molecular weight excluding hydrogens is 406 g/mol. The van der Waals surface area contributed by atoms with E-state index in [2.05, 4.69) is 15.3 Å². The van der Waals surface area contributed by atoms with Gasteiger partial charge in [0.2, 0.25) is 0 Å². The third-order valence-electron chi connectivity index (χ3n) is 4.16. The Bertz CT molecular complexity index is 1070. The molecular formula is C21H21N3O3S2. The summed E-state index contributed by atoms with van der Waals surface area (Å²) in [4.78, 5) is 21.1. The van der Waals surface area contributed by atoms with Gasteiger partial charge in [0.1, 0.15) is 5.03 Å². The van der Waals surface area contributed by atoms with Crippen LogP contribution in [0.15, 0.2) is 77.0 Å². The molecule has 0 aliphatic heterocycles. The van der Waals surface area contributed by atoms with Gasteiger partial charge >= 0.3 is 0 Å². The van der Waals surface area contributed by atoms with Crippen LogP contribution in [0.2, 0.25) is 0 Å². The molecule has 1 amide bonds. The Morgan fingerprint density at radius 2 is 1.83 bits per heavy atom. The summed E-state index contributed by atoms with van der Waals surface area (Å²) in [6.07, 6.45) is 4.95. The van der Waals surface area contributed by atoms with E-state index in [1.807, 2.05) is 13.0 Å². The first-order chi connectivity index (χ1) is 14.0. The number of aryl methyl sites for hydroxylation is 1. The highest BCUT2D eigenvalue weighted by molar-refractivity contribution is 8.00. The molecule has 150 valence electrons. The third kappa shape index (κ3) is 5.88. The lowest BCUT2D eigenvalue weighted by atomic mass is 10.2. The lowest BCUT2D eigenvalue weighted by molar-refractivity contribution is 0.0947. The maximum absolute atomic E-state index is 12.5. The summed E-state index contributed by atoms with van der Waals surface area (Å²) in [5.74, 6) is 0.00953. The number of carbonyl (C=O) groups excluding carboxylic acids is 1. The van der Waals surface area contributed by atoms with E-state index < -0.39 is 9.84 Å². The number of aromatic nitrogens is 2. The van der Waals surface area contributed by atoms with Crippen molar-refractivity contribution in [3.63, 3.8) is 0 Å². The zero-order chi connectivity index (χ0) is 20.7. The van der Waals surface area contributed by atoms with Gasteiger partial charge in [0.25, 0.3) is 5.91 Å². The Kier molecular flexibility index (Phi) is 7.00. The Balaban J connectivity index is 1.61. The number of sulfone groups is 1. The Morgan fingerprint density at radius 3 is 2.55 bits per heavy atom. The fraction of sp³-hybridized carbons (Fsp3) is 0.190. The number of hydrogen-bond donors (Lipinski definition) is 1. The maximum atomic E-state index is 12.5. The van der Waals surface area contributed by atoms with Crippen molar-refractivity contribution in [1.29, 1.82) is 0 Å². The van der Waals surface area contributed by atoms with Crippen LogP contribution in [0, 0.1) is 6.92 Å². The van der Waals surface area contributed by atoms with Crippen LogP contribution in [0.1, 0.15) is 21.5 Å². The van der Waals surface area contributed by atoms with Crippen LogP contribution >= 0.6 is 11.8 Å². The van der Waals surface area contributed by atoms with Crippen LogP contribution in [-0.2, 0) is 16.4 Å². The maximum Gasteiger partial charge on any atom is 0.254 e. The van der Waals surface area contributed by atoms with Gasteiger partial charge in [-0.05, 0) is 42.8 Å². The molecule has 0 aliphatic rings. The topological polar surface area (TPSA) is 89.0 Å². The van der Waals surface area contributed by atoms with Crippen LogP contribution in [0.5, 0.6) is 0 Å². The molecule has 6 nitrogen and oxygen atoms in total. The number of hydrogen-bond acceptors (Lipinski definition) is 6. The van der Waals surface area contributed by atoms with E-state index in [9.17, 15) is 13.2 Å². The number of thioether (sulfide) groups is 1. The van der Waals surface area contributed by atoms with Crippen LogP contribution in [0.3, 0.4) is 0 Å². The second-order valence-electron chi connectivity index (χ2n) is 6.38. The number of pyridine rings is 2. The second kappa shape index (κ2) is 9.67. The number of nitrogens with one attached hydrogen (secondary N) is 1. The normalized spacial score (nSPS) is 11.2. The number of carbonyl (C=O) groups is 1. The smallest absolute Gasteiger partial charge is 0.254 e. The van der Waals surface area contributed by atoms with Gasteiger partial charge in [-0.3, -0.25) is 9.78 Å². The van der Waals surface area contributed by atoms with Crippen LogP contribution < -0.4 is 5.32 Å². The minimum absolute atomic E-state index is 0.0337. The van der Waals surface area contributed by atoms with Crippen molar-refractivity contribution in [3.8, 4) is 0 Å². The van der Waals surface area contributed by atoms with Gasteiger partial charge in [-0.15, -0.1) is 11.8 Å². The van der Waals surface area contributed by atoms with Crippen LogP contribution in [-0.4, -0.2) is 35.8 Å². The minimum Gasteiger partial charge on any atom is -0.348 e. The molecule has 0 radical (unpaired) electrons. The minimum atomic E-state index is -3.38. The van der Waals surface area contributed by atoms with Gasteiger partial charge in [-0.1, -0.05) is 23.8 Å². The molecule has 8 heteroatoms. The van der Waals surface area contributed by atoms with Gasteiger partial charge in [0, 0.05) is 30.9 Å². The molecule has 1 aromatic carbocycles. The lowest BCUT2D eigenvalue weighted by Gasteiger charge is -2.09. The van der Waals surface area contributed by atoms with E-state index in [1.54, 1.807) is 61.1 Å². The molecule has 1 N–H and O–H groups in total. The van der Waals surface area contributed by atoms with E-state index in [4.69, 9.17) is 0 Å². The number of rotatable bonds is 8. The predicted octanol–water partition coefficient (Wildman–Crippen LogP) is 3.28. The fourth-order valence-corrected chi connectivity index (χ4v) is 5.21. The van der Waals surface area contributed by atoms with Crippen molar-refractivity contribution in [2.24, 2.45) is 0 Å². The first-order valence-corrected chi connectivity index (χ1v) is 11.6. The molecule has 0 aliphatic carbocycles. The molecule has 0 saturated heterocycles. The molecule has 2 aromatic heterocycles. The predicted molar refractivity (Wildman–Crippen MR) is 114 cm³/mol. The van der Waals surface area contributed by atoms with Crippen molar-refractivity contribution >= 4 is 27.5 Å². The van der Waals surface area contributed by atoms with Crippen molar-refractivity contribution in [2.75, 3.05) is 11.5 Å². The molecule has 0 atom stereocenters. The molecule has 2 heterocycles. The van der Waals surface area contributed by atoms with Crippen molar-refractivity contribution in [1.82, 2.24) is 15.3 Å². The summed E-state index contributed by atoms with van der Waals surface area (Å²) in [6, 6.07) is 13.9. The zero-order valence-electron chi connectivity index (χ0n) is 15.9. The van der Waals surface area contributed by atoms with Crippen LogP contribution in [0.25, 0.3) is 0 Å². The van der Waals surface area contributed by atoms with Gasteiger partial charge in [0.15, 0.2) is 9.84 Å². The van der Waals surface area contributed by atoms with E-state index in [0.29, 0.717) is 27.8 Å². The number of amides is 1. The molecule has 3 rings (SSSR count). The molecule has 0 bridgehead atoms. The summed E-state index contributed by atoms with van der Waals surface area (Å²) >= 11 is 1.26. The van der Waals surface area contributed by atoms with Gasteiger partial charge < -0.3 is 5.32 Å². The Hall–Kier alpha value is -2.71. The fourth-order valence-electron chi connectivity index (χ4n) is 2.57. The summed E-state index contributed by atoms with van der Waals surface area (Å²) in [5, 5.41) is 3.35. The monoisotopic (exact) mass is 427 g/mol. The van der Waals surface area contributed by atoms with E-state index in [-0.39, 0.29) is 11.7 Å². The second-order valence-corrected chi connectivity index (χ2v) is 9.57. The summed E-state index contributed by atoms with van der Waals surface area (Å²) in [5.41, 5.74) is 2.33. The van der Waals surface area contributed by atoms with Crippen molar-refractivity contribution in [2.45, 2.75) is 23.4 Å². The standard InChI is InChI=1S/C21H21N3O3S2/c1-16-6-8-18(9-7-16)29(26,27)13-12-28-21-19(5-3-11-23-21)20(25)24-15-17-4-2-10-22-14-17/h2-11,14H,12-13,15H2,1H3,(H,24,25). The summed E-state index contributed by atoms with van der Waals surface area (Å²) in [6.45, 7) is 2.27. The van der Waals surface area contributed by atoms with E-state index >= 15 is 0 Å². The highest BCUT2D eigenvalue weighted by atomic mass is 32.2. The van der Waals surface area contributed by atoms with Crippen molar-refractivity contribution in [3.05, 3.63) is 83.8 Å². The molecule has 0 saturated carbocycles. The van der Waals surface area contributed by atoms with Crippen molar-refractivity contribution < 1.29 is 13.2 Å². The van der Waals surface area contributed by atoms with E-state index in [1.165, 1.54) is 11.8 Å². The lowest BCUT2D eigenvalue weighted by Crippen LogP contribution is -2.23. The van der Waals surface area contributed by atoms with Gasteiger partial charge in [0.05, 0.1) is 16.2 Å². The molecule has 3 aromatic rings. The Morgan fingerprint density at radius 1 is 1.07 bits per heavy atom. The Labute approximate surface area is 174 Å². The molecule has 0 fully saturated rings. The van der Waals surface area contributed by atoms with E-state index in [0.717, 1.165) is 11.1 Å². The highest BCUT2D eigenvalue weighted by Gasteiger charge is 2.17.